The molecule has 6 nitrogen and oxygen atoms in total. The highest BCUT2D eigenvalue weighted by Crippen LogP contribution is 2.25. The molecule has 0 saturated heterocycles. The molecule has 0 bridgehead atoms. The number of rotatable bonds is 5. The Morgan fingerprint density at radius 1 is 1.19 bits per heavy atom. The first-order valence-electron chi connectivity index (χ1n) is 8.32. The highest BCUT2D eigenvalue weighted by atomic mass is 32.2. The summed E-state index contributed by atoms with van der Waals surface area (Å²) in [5, 5.41) is 1.69. The summed E-state index contributed by atoms with van der Waals surface area (Å²) in [6.07, 6.45) is 2.87. The van der Waals surface area contributed by atoms with Crippen LogP contribution in [0.25, 0.3) is 4.96 Å². The zero-order valence-electron chi connectivity index (χ0n) is 15.1. The molecule has 138 valence electrons. The van der Waals surface area contributed by atoms with Gasteiger partial charge in [0.1, 0.15) is 0 Å². The summed E-state index contributed by atoms with van der Waals surface area (Å²) in [6, 6.07) is 5.55. The van der Waals surface area contributed by atoms with Crippen molar-refractivity contribution in [3.63, 3.8) is 0 Å². The van der Waals surface area contributed by atoms with E-state index in [4.69, 9.17) is 0 Å². The molecule has 1 N–H and O–H groups in total. The van der Waals surface area contributed by atoms with Gasteiger partial charge in [-0.05, 0) is 29.0 Å². The van der Waals surface area contributed by atoms with Gasteiger partial charge in [0.25, 0.3) is 15.9 Å². The number of carbonyl (C=O) groups excluding carboxylic acids is 1. The van der Waals surface area contributed by atoms with Gasteiger partial charge in [-0.2, -0.15) is 8.42 Å². The van der Waals surface area contributed by atoms with Crippen LogP contribution in [0.3, 0.4) is 0 Å². The normalized spacial score (nSPS) is 12.2. The Bertz CT molecular complexity index is 1060. The molecule has 0 radical (unpaired) electrons. The Labute approximate surface area is 156 Å². The van der Waals surface area contributed by atoms with E-state index in [0.29, 0.717) is 16.4 Å². The third-order valence-corrected chi connectivity index (χ3v) is 6.30. The number of amides is 1. The monoisotopic (exact) mass is 391 g/mol. The zero-order chi connectivity index (χ0) is 19.1. The summed E-state index contributed by atoms with van der Waals surface area (Å²) in [6.45, 7) is 8.12. The summed E-state index contributed by atoms with van der Waals surface area (Å²) < 4.78 is 28.9. The van der Waals surface area contributed by atoms with Gasteiger partial charge in [-0.25, -0.2) is 9.71 Å². The first kappa shape index (κ1) is 18.6. The van der Waals surface area contributed by atoms with Gasteiger partial charge in [-0.1, -0.05) is 39.8 Å². The molecule has 1 amide bonds. The van der Waals surface area contributed by atoms with Crippen LogP contribution in [0.1, 0.15) is 61.0 Å². The van der Waals surface area contributed by atoms with Gasteiger partial charge in [0.15, 0.2) is 9.99 Å². The fourth-order valence-electron chi connectivity index (χ4n) is 2.76. The van der Waals surface area contributed by atoms with Crippen LogP contribution in [0.4, 0.5) is 0 Å². The zero-order valence-corrected chi connectivity index (χ0v) is 16.7. The number of fused-ring (bicyclic) bond motifs is 1. The predicted octanol–water partition coefficient (Wildman–Crippen LogP) is 3.76. The molecule has 0 aliphatic heterocycles. The van der Waals surface area contributed by atoms with E-state index in [-0.39, 0.29) is 10.9 Å². The number of hydrogen-bond donors (Lipinski definition) is 1. The summed E-state index contributed by atoms with van der Waals surface area (Å²) in [7, 11) is -4.02. The molecule has 1 aromatic carbocycles. The minimum atomic E-state index is -4.02. The van der Waals surface area contributed by atoms with Gasteiger partial charge in [-0.15, -0.1) is 11.3 Å². The second kappa shape index (κ2) is 6.85. The highest BCUT2D eigenvalue weighted by molar-refractivity contribution is 7.90. The molecule has 2 heterocycles. The number of sulfonamides is 1. The molecule has 0 aliphatic carbocycles. The molecular weight excluding hydrogens is 370 g/mol. The van der Waals surface area contributed by atoms with Crippen molar-refractivity contribution in [1.82, 2.24) is 14.1 Å². The predicted molar refractivity (Wildman–Crippen MR) is 102 cm³/mol. The Balaban J connectivity index is 1.96. The van der Waals surface area contributed by atoms with E-state index in [9.17, 15) is 13.2 Å². The number of thiazole rings is 1. The maximum atomic E-state index is 12.7. The van der Waals surface area contributed by atoms with Crippen LogP contribution in [0, 0.1) is 0 Å². The maximum Gasteiger partial charge on any atom is 0.281 e. The lowest BCUT2D eigenvalue weighted by molar-refractivity contribution is 0.0980. The SMILES string of the molecule is CC(C)c1ccc(C(=O)NS(=O)(=O)c2cnc3sccn23)c(C(C)C)c1. The van der Waals surface area contributed by atoms with Crippen LogP contribution in [-0.2, 0) is 10.0 Å². The summed E-state index contributed by atoms with van der Waals surface area (Å²) in [5.74, 6) is -0.211. The van der Waals surface area contributed by atoms with Crippen LogP contribution in [0.5, 0.6) is 0 Å². The first-order valence-corrected chi connectivity index (χ1v) is 10.7. The van der Waals surface area contributed by atoms with Crippen LogP contribution in [0.2, 0.25) is 0 Å². The molecule has 3 rings (SSSR count). The van der Waals surface area contributed by atoms with Crippen LogP contribution in [-0.4, -0.2) is 23.7 Å². The topological polar surface area (TPSA) is 80.5 Å². The van der Waals surface area contributed by atoms with E-state index in [2.05, 4.69) is 23.6 Å². The van der Waals surface area contributed by atoms with Gasteiger partial charge >= 0.3 is 0 Å². The Morgan fingerprint density at radius 3 is 2.58 bits per heavy atom. The smallest absolute Gasteiger partial charge is 0.279 e. The molecule has 0 spiro atoms. The van der Waals surface area contributed by atoms with Gasteiger partial charge in [0.05, 0.1) is 6.20 Å². The van der Waals surface area contributed by atoms with Crippen molar-refractivity contribution in [2.45, 2.75) is 44.6 Å². The number of nitrogens with one attached hydrogen (secondary N) is 1. The van der Waals surface area contributed by atoms with Gasteiger partial charge < -0.3 is 0 Å². The lowest BCUT2D eigenvalue weighted by Gasteiger charge is -2.16. The molecule has 0 atom stereocenters. The van der Waals surface area contributed by atoms with Crippen LogP contribution in [0.15, 0.2) is 41.0 Å². The largest absolute Gasteiger partial charge is 0.281 e. The van der Waals surface area contributed by atoms with Gasteiger partial charge in [0, 0.05) is 17.1 Å². The minimum Gasteiger partial charge on any atom is -0.279 e. The molecule has 0 saturated carbocycles. The number of benzene rings is 1. The quantitative estimate of drug-likeness (QED) is 0.718. The average molecular weight is 392 g/mol. The molecule has 0 unspecified atom stereocenters. The van der Waals surface area contributed by atoms with Crippen LogP contribution >= 0.6 is 11.3 Å². The lowest BCUT2D eigenvalue weighted by atomic mass is 9.91. The molecule has 26 heavy (non-hydrogen) atoms. The van der Waals surface area contributed by atoms with Crippen molar-refractivity contribution in [3.05, 3.63) is 52.7 Å². The molecule has 3 aromatic rings. The van der Waals surface area contributed by atoms with Crippen molar-refractivity contribution in [3.8, 4) is 0 Å². The third kappa shape index (κ3) is 3.39. The second-order valence-electron chi connectivity index (χ2n) is 6.74. The van der Waals surface area contributed by atoms with E-state index in [1.165, 1.54) is 21.9 Å². The molecule has 8 heteroatoms. The Hall–Kier alpha value is -2.19. The standard InChI is InChI=1S/C18H21N3O3S2/c1-11(2)13-5-6-14(15(9-13)12(3)4)17(22)20-26(23,24)16-10-19-18-21(16)7-8-25-18/h5-12H,1-4H3,(H,20,22). The second-order valence-corrected chi connectivity index (χ2v) is 9.25. The van der Waals surface area contributed by atoms with E-state index in [1.54, 1.807) is 17.6 Å². The van der Waals surface area contributed by atoms with Gasteiger partial charge in [0.2, 0.25) is 0 Å². The number of nitrogens with zero attached hydrogens (tertiary/aromatic N) is 2. The Morgan fingerprint density at radius 2 is 1.92 bits per heavy atom. The fraction of sp³-hybridized carbons (Fsp3) is 0.333. The fourth-order valence-corrected chi connectivity index (χ4v) is 4.56. The number of imidazole rings is 1. The summed E-state index contributed by atoms with van der Waals surface area (Å²) in [5.41, 5.74) is 2.32. The van der Waals surface area contributed by atoms with Gasteiger partial charge in [-0.3, -0.25) is 9.20 Å². The molecule has 2 aromatic heterocycles. The molecule has 0 fully saturated rings. The molecular formula is C18H21N3O3S2. The van der Waals surface area contributed by atoms with Crippen molar-refractivity contribution in [2.75, 3.05) is 0 Å². The van der Waals surface area contributed by atoms with E-state index in [1.807, 2.05) is 26.0 Å². The number of aromatic nitrogens is 2. The first-order chi connectivity index (χ1) is 12.2. The van der Waals surface area contributed by atoms with E-state index < -0.39 is 15.9 Å². The minimum absolute atomic E-state index is 0.0491. The lowest BCUT2D eigenvalue weighted by Crippen LogP contribution is -2.32. The van der Waals surface area contributed by atoms with Crippen molar-refractivity contribution >= 4 is 32.2 Å². The number of hydrogen-bond acceptors (Lipinski definition) is 5. The third-order valence-electron chi connectivity index (χ3n) is 4.22. The Kier molecular flexibility index (Phi) is 4.90. The summed E-state index contributed by atoms with van der Waals surface area (Å²) in [4.78, 5) is 17.3. The average Bonchev–Trinajstić information content (AvgIpc) is 3.16. The number of carbonyl (C=O) groups is 1. The highest BCUT2D eigenvalue weighted by Gasteiger charge is 2.25. The van der Waals surface area contributed by atoms with E-state index in [0.717, 1.165) is 11.1 Å². The summed E-state index contributed by atoms with van der Waals surface area (Å²) >= 11 is 1.32. The van der Waals surface area contributed by atoms with Crippen molar-refractivity contribution in [1.29, 1.82) is 0 Å². The van der Waals surface area contributed by atoms with Crippen molar-refractivity contribution < 1.29 is 13.2 Å². The molecule has 0 aliphatic rings. The maximum absolute atomic E-state index is 12.7. The van der Waals surface area contributed by atoms with E-state index >= 15 is 0 Å². The van der Waals surface area contributed by atoms with Crippen LogP contribution < -0.4 is 4.72 Å². The van der Waals surface area contributed by atoms with Crippen molar-refractivity contribution in [2.24, 2.45) is 0 Å².